The molecule has 1 aromatic carbocycles. The van der Waals surface area contributed by atoms with Gasteiger partial charge in [0.2, 0.25) is 0 Å². The standard InChI is InChI=1S/C11H14N2O2/c1-13-6-7(5-12)10-8(14)3-4-9(15-2)11(10)13/h3-4,6,14H,5,12H2,1-2H3. The van der Waals surface area contributed by atoms with Crippen molar-refractivity contribution in [2.75, 3.05) is 7.11 Å². The predicted molar refractivity (Wildman–Crippen MR) is 59.0 cm³/mol. The van der Waals surface area contributed by atoms with Crippen LogP contribution in [0.2, 0.25) is 0 Å². The van der Waals surface area contributed by atoms with E-state index in [1.807, 2.05) is 17.8 Å². The Morgan fingerprint density at radius 3 is 2.80 bits per heavy atom. The van der Waals surface area contributed by atoms with Gasteiger partial charge in [0.25, 0.3) is 0 Å². The van der Waals surface area contributed by atoms with E-state index >= 15 is 0 Å². The van der Waals surface area contributed by atoms with Crippen molar-refractivity contribution in [1.29, 1.82) is 0 Å². The number of hydrogen-bond acceptors (Lipinski definition) is 3. The van der Waals surface area contributed by atoms with Gasteiger partial charge in [-0.1, -0.05) is 0 Å². The average molecular weight is 206 g/mol. The predicted octanol–water partition coefficient (Wildman–Crippen LogP) is 1.35. The molecule has 4 nitrogen and oxygen atoms in total. The van der Waals surface area contributed by atoms with Crippen LogP contribution in [-0.2, 0) is 13.6 Å². The molecular formula is C11H14N2O2. The van der Waals surface area contributed by atoms with Gasteiger partial charge in [0.1, 0.15) is 11.5 Å². The van der Waals surface area contributed by atoms with Crippen LogP contribution in [0, 0.1) is 0 Å². The Labute approximate surface area is 87.9 Å². The number of nitrogens with zero attached hydrogens (tertiary/aromatic N) is 1. The zero-order valence-corrected chi connectivity index (χ0v) is 8.82. The van der Waals surface area contributed by atoms with Crippen LogP contribution in [-0.4, -0.2) is 16.8 Å². The van der Waals surface area contributed by atoms with Crippen LogP contribution in [0.25, 0.3) is 10.9 Å². The molecule has 0 saturated heterocycles. The van der Waals surface area contributed by atoms with E-state index in [1.54, 1.807) is 19.2 Å². The van der Waals surface area contributed by atoms with E-state index in [1.165, 1.54) is 0 Å². The van der Waals surface area contributed by atoms with E-state index in [0.29, 0.717) is 6.54 Å². The van der Waals surface area contributed by atoms with Gasteiger partial charge in [0, 0.05) is 25.2 Å². The number of phenols is 1. The number of aryl methyl sites for hydroxylation is 1. The van der Waals surface area contributed by atoms with Crippen LogP contribution in [0.3, 0.4) is 0 Å². The lowest BCUT2D eigenvalue weighted by atomic mass is 10.1. The molecule has 0 unspecified atom stereocenters. The maximum absolute atomic E-state index is 9.79. The van der Waals surface area contributed by atoms with E-state index in [2.05, 4.69) is 0 Å². The van der Waals surface area contributed by atoms with Crippen molar-refractivity contribution in [2.24, 2.45) is 12.8 Å². The summed E-state index contributed by atoms with van der Waals surface area (Å²) in [5.41, 5.74) is 7.42. The molecule has 0 fully saturated rings. The van der Waals surface area contributed by atoms with Gasteiger partial charge in [-0.2, -0.15) is 0 Å². The highest BCUT2D eigenvalue weighted by Gasteiger charge is 2.13. The van der Waals surface area contributed by atoms with Gasteiger partial charge in [0.15, 0.2) is 0 Å². The zero-order valence-electron chi connectivity index (χ0n) is 8.82. The first kappa shape index (κ1) is 9.86. The smallest absolute Gasteiger partial charge is 0.143 e. The highest BCUT2D eigenvalue weighted by Crippen LogP contribution is 2.35. The fourth-order valence-corrected chi connectivity index (χ4v) is 1.91. The number of nitrogens with two attached hydrogens (primary N) is 1. The fourth-order valence-electron chi connectivity index (χ4n) is 1.91. The quantitative estimate of drug-likeness (QED) is 0.779. The lowest BCUT2D eigenvalue weighted by molar-refractivity contribution is 0.416. The molecule has 80 valence electrons. The summed E-state index contributed by atoms with van der Waals surface area (Å²) < 4.78 is 7.16. The first-order valence-electron chi connectivity index (χ1n) is 4.73. The molecular weight excluding hydrogens is 192 g/mol. The van der Waals surface area contributed by atoms with Crippen LogP contribution in [0.15, 0.2) is 18.3 Å². The summed E-state index contributed by atoms with van der Waals surface area (Å²) in [6.45, 7) is 0.401. The lowest BCUT2D eigenvalue weighted by Gasteiger charge is -2.05. The average Bonchev–Trinajstić information content (AvgIpc) is 2.58. The third-order valence-electron chi connectivity index (χ3n) is 2.58. The number of aromatic hydroxyl groups is 1. The van der Waals surface area contributed by atoms with Crippen LogP contribution < -0.4 is 10.5 Å². The van der Waals surface area contributed by atoms with Crippen molar-refractivity contribution in [2.45, 2.75) is 6.54 Å². The van der Waals surface area contributed by atoms with Gasteiger partial charge >= 0.3 is 0 Å². The summed E-state index contributed by atoms with van der Waals surface area (Å²) in [6, 6.07) is 3.37. The van der Waals surface area contributed by atoms with Gasteiger partial charge in [0.05, 0.1) is 12.6 Å². The number of phenolic OH excluding ortho intramolecular Hbond substituents is 1. The number of ether oxygens (including phenoxy) is 1. The van der Waals surface area contributed by atoms with Gasteiger partial charge in [-0.15, -0.1) is 0 Å². The number of aromatic nitrogens is 1. The van der Waals surface area contributed by atoms with Crippen molar-refractivity contribution in [1.82, 2.24) is 4.57 Å². The SMILES string of the molecule is COc1ccc(O)c2c(CN)cn(C)c12. The van der Waals surface area contributed by atoms with E-state index in [4.69, 9.17) is 10.5 Å². The van der Waals surface area contributed by atoms with Gasteiger partial charge in [-0.3, -0.25) is 0 Å². The van der Waals surface area contributed by atoms with E-state index < -0.39 is 0 Å². The van der Waals surface area contributed by atoms with Crippen molar-refractivity contribution < 1.29 is 9.84 Å². The van der Waals surface area contributed by atoms with E-state index in [0.717, 1.165) is 22.2 Å². The Balaban J connectivity index is 2.89. The van der Waals surface area contributed by atoms with Gasteiger partial charge in [-0.05, 0) is 17.7 Å². The van der Waals surface area contributed by atoms with E-state index in [9.17, 15) is 5.11 Å². The fraction of sp³-hybridized carbons (Fsp3) is 0.273. The second-order valence-electron chi connectivity index (χ2n) is 3.48. The minimum absolute atomic E-state index is 0.242. The molecule has 0 radical (unpaired) electrons. The molecule has 2 aromatic rings. The minimum atomic E-state index is 0.242. The molecule has 0 aliphatic heterocycles. The molecule has 15 heavy (non-hydrogen) atoms. The monoisotopic (exact) mass is 206 g/mol. The number of fused-ring (bicyclic) bond motifs is 1. The molecule has 0 bridgehead atoms. The Morgan fingerprint density at radius 2 is 2.20 bits per heavy atom. The third kappa shape index (κ3) is 1.34. The number of rotatable bonds is 2. The third-order valence-corrected chi connectivity index (χ3v) is 2.58. The summed E-state index contributed by atoms with van der Waals surface area (Å²) in [5.74, 6) is 0.983. The first-order valence-corrected chi connectivity index (χ1v) is 4.73. The molecule has 3 N–H and O–H groups in total. The van der Waals surface area contributed by atoms with Crippen molar-refractivity contribution in [3.8, 4) is 11.5 Å². The lowest BCUT2D eigenvalue weighted by Crippen LogP contribution is -1.94. The highest BCUT2D eigenvalue weighted by molar-refractivity contribution is 5.94. The maximum Gasteiger partial charge on any atom is 0.143 e. The Hall–Kier alpha value is -1.68. The molecule has 1 heterocycles. The largest absolute Gasteiger partial charge is 0.507 e. The molecule has 0 aliphatic rings. The second-order valence-corrected chi connectivity index (χ2v) is 3.48. The van der Waals surface area contributed by atoms with Crippen molar-refractivity contribution in [3.63, 3.8) is 0 Å². The highest BCUT2D eigenvalue weighted by atomic mass is 16.5. The van der Waals surface area contributed by atoms with Gasteiger partial charge < -0.3 is 20.1 Å². The number of methoxy groups -OCH3 is 1. The maximum atomic E-state index is 9.79. The number of hydrogen-bond donors (Lipinski definition) is 2. The molecule has 0 saturated carbocycles. The van der Waals surface area contributed by atoms with Crippen LogP contribution in [0.5, 0.6) is 11.5 Å². The molecule has 0 amide bonds. The van der Waals surface area contributed by atoms with Crippen molar-refractivity contribution in [3.05, 3.63) is 23.9 Å². The minimum Gasteiger partial charge on any atom is -0.507 e. The van der Waals surface area contributed by atoms with Crippen LogP contribution in [0.1, 0.15) is 5.56 Å². The summed E-state index contributed by atoms with van der Waals surface area (Å²) >= 11 is 0. The van der Waals surface area contributed by atoms with E-state index in [-0.39, 0.29) is 5.75 Å². The van der Waals surface area contributed by atoms with Gasteiger partial charge in [-0.25, -0.2) is 0 Å². The molecule has 2 rings (SSSR count). The Bertz CT molecular complexity index is 503. The summed E-state index contributed by atoms with van der Waals surface area (Å²) in [7, 11) is 3.52. The molecule has 1 aromatic heterocycles. The molecule has 0 aliphatic carbocycles. The molecule has 0 atom stereocenters. The van der Waals surface area contributed by atoms with Crippen LogP contribution in [0.4, 0.5) is 0 Å². The Morgan fingerprint density at radius 1 is 1.47 bits per heavy atom. The molecule has 0 spiro atoms. The van der Waals surface area contributed by atoms with Crippen molar-refractivity contribution >= 4 is 10.9 Å². The molecule has 4 heteroatoms. The second kappa shape index (κ2) is 3.47. The Kier molecular flexibility index (Phi) is 2.28. The first-order chi connectivity index (χ1) is 7.19. The zero-order chi connectivity index (χ0) is 11.0. The summed E-state index contributed by atoms with van der Waals surface area (Å²) in [5, 5.41) is 10.6. The number of benzene rings is 1. The summed E-state index contributed by atoms with van der Waals surface area (Å²) in [4.78, 5) is 0. The van der Waals surface area contributed by atoms with Crippen LogP contribution >= 0.6 is 0 Å². The summed E-state index contributed by atoms with van der Waals surface area (Å²) in [6.07, 6.45) is 1.91. The topological polar surface area (TPSA) is 60.4 Å². The normalized spacial score (nSPS) is 10.9.